The predicted molar refractivity (Wildman–Crippen MR) is 121 cm³/mol. The number of aromatic nitrogens is 4. The van der Waals surface area contributed by atoms with Gasteiger partial charge in [-0.05, 0) is 37.1 Å². The summed E-state index contributed by atoms with van der Waals surface area (Å²) in [5.41, 5.74) is 2.40. The Hall–Kier alpha value is -3.10. The van der Waals surface area contributed by atoms with E-state index in [1.807, 2.05) is 24.3 Å². The molecule has 6 rings (SSSR count). The van der Waals surface area contributed by atoms with Gasteiger partial charge in [-0.15, -0.1) is 5.10 Å². The molecule has 2 saturated heterocycles. The molecule has 2 fully saturated rings. The number of fused-ring (bicyclic) bond motifs is 3. The van der Waals surface area contributed by atoms with E-state index in [0.29, 0.717) is 22.9 Å². The summed E-state index contributed by atoms with van der Waals surface area (Å²) in [6.45, 7) is 5.57. The Bertz CT molecular complexity index is 1260. The highest BCUT2D eigenvalue weighted by Gasteiger charge is 2.28. The Balaban J connectivity index is 1.40. The molecule has 2 aromatic heterocycles. The van der Waals surface area contributed by atoms with Gasteiger partial charge < -0.3 is 9.64 Å². The Morgan fingerprint density at radius 3 is 2.47 bits per heavy atom. The van der Waals surface area contributed by atoms with E-state index in [4.69, 9.17) is 9.72 Å². The number of rotatable bonds is 3. The van der Waals surface area contributed by atoms with Gasteiger partial charge in [0, 0.05) is 43.2 Å². The van der Waals surface area contributed by atoms with Crippen molar-refractivity contribution in [2.75, 3.05) is 44.3 Å². The highest BCUT2D eigenvalue weighted by Crippen LogP contribution is 2.32. The maximum absolute atomic E-state index is 14.5. The number of ether oxygens (including phenoxy) is 1. The van der Waals surface area contributed by atoms with Crippen molar-refractivity contribution < 1.29 is 9.13 Å². The minimum absolute atomic E-state index is 0.322. The van der Waals surface area contributed by atoms with Crippen molar-refractivity contribution >= 4 is 22.4 Å². The van der Waals surface area contributed by atoms with E-state index >= 15 is 0 Å². The van der Waals surface area contributed by atoms with Crippen LogP contribution >= 0.6 is 0 Å². The van der Waals surface area contributed by atoms with Gasteiger partial charge in [-0.25, -0.2) is 9.37 Å². The van der Waals surface area contributed by atoms with E-state index in [0.717, 1.165) is 69.0 Å². The second-order valence-electron chi connectivity index (χ2n) is 8.47. The molecule has 0 N–H and O–H groups in total. The topological polar surface area (TPSA) is 58.8 Å². The van der Waals surface area contributed by atoms with Crippen molar-refractivity contribution in [2.24, 2.45) is 0 Å². The number of benzene rings is 2. The van der Waals surface area contributed by atoms with Crippen LogP contribution in [0.15, 0.2) is 48.5 Å². The van der Waals surface area contributed by atoms with Crippen LogP contribution in [0.5, 0.6) is 0 Å². The molecule has 7 nitrogen and oxygen atoms in total. The number of morpholine rings is 1. The monoisotopic (exact) mass is 432 g/mol. The highest BCUT2D eigenvalue weighted by atomic mass is 19.1. The summed E-state index contributed by atoms with van der Waals surface area (Å²) in [5, 5.41) is 9.67. The standard InChI is InChI=1S/C24H25FN6O/c25-20-7-3-1-5-18(20)22-24-26-23(19-6-2-4-8-21(19)31(24)28-27-22)30-11-9-17(10-12-30)29-13-15-32-16-14-29/h1-8,17H,9-16H2. The van der Waals surface area contributed by atoms with Crippen LogP contribution in [-0.2, 0) is 4.74 Å². The molecule has 4 heterocycles. The molecular weight excluding hydrogens is 407 g/mol. The molecule has 0 spiro atoms. The molecule has 0 saturated carbocycles. The smallest absolute Gasteiger partial charge is 0.186 e. The number of hydrogen-bond acceptors (Lipinski definition) is 6. The largest absolute Gasteiger partial charge is 0.379 e. The predicted octanol–water partition coefficient (Wildman–Crippen LogP) is 3.38. The first-order valence-electron chi connectivity index (χ1n) is 11.3. The van der Waals surface area contributed by atoms with Crippen LogP contribution in [0.25, 0.3) is 27.8 Å². The maximum Gasteiger partial charge on any atom is 0.186 e. The van der Waals surface area contributed by atoms with Crippen molar-refractivity contribution in [3.63, 3.8) is 0 Å². The maximum atomic E-state index is 14.5. The second kappa shape index (κ2) is 8.11. The molecule has 4 aromatic rings. The van der Waals surface area contributed by atoms with Crippen LogP contribution in [0.2, 0.25) is 0 Å². The van der Waals surface area contributed by atoms with Crippen LogP contribution in [-0.4, -0.2) is 70.1 Å². The first-order chi connectivity index (χ1) is 15.8. The Labute approximate surface area is 185 Å². The zero-order valence-electron chi connectivity index (χ0n) is 17.8. The average molecular weight is 433 g/mol. The summed E-state index contributed by atoms with van der Waals surface area (Å²) in [4.78, 5) is 9.93. The first-order valence-corrected chi connectivity index (χ1v) is 11.3. The van der Waals surface area contributed by atoms with E-state index in [-0.39, 0.29) is 5.82 Å². The number of anilines is 1. The van der Waals surface area contributed by atoms with Crippen LogP contribution in [0.1, 0.15) is 12.8 Å². The third kappa shape index (κ3) is 3.30. The van der Waals surface area contributed by atoms with Gasteiger partial charge in [-0.1, -0.05) is 29.5 Å². The molecule has 0 radical (unpaired) electrons. The third-order valence-electron chi connectivity index (χ3n) is 6.69. The zero-order valence-corrected chi connectivity index (χ0v) is 17.8. The lowest BCUT2D eigenvalue weighted by Crippen LogP contribution is -2.49. The molecule has 0 bridgehead atoms. The number of nitrogens with zero attached hydrogens (tertiary/aromatic N) is 6. The van der Waals surface area contributed by atoms with Gasteiger partial charge >= 0.3 is 0 Å². The first kappa shape index (κ1) is 19.6. The Kier molecular flexibility index (Phi) is 4.96. The molecule has 0 amide bonds. The van der Waals surface area contributed by atoms with E-state index in [1.54, 1.807) is 16.6 Å². The summed E-state index contributed by atoms with van der Waals surface area (Å²) >= 11 is 0. The second-order valence-corrected chi connectivity index (χ2v) is 8.47. The van der Waals surface area contributed by atoms with Gasteiger partial charge in [-0.2, -0.15) is 4.52 Å². The van der Waals surface area contributed by atoms with Crippen molar-refractivity contribution in [1.29, 1.82) is 0 Å². The quantitative estimate of drug-likeness (QED) is 0.495. The van der Waals surface area contributed by atoms with Crippen LogP contribution in [0.4, 0.5) is 10.2 Å². The molecule has 2 aliphatic heterocycles. The summed E-state index contributed by atoms with van der Waals surface area (Å²) in [5.74, 6) is 0.603. The van der Waals surface area contributed by atoms with Gasteiger partial charge in [0.15, 0.2) is 5.65 Å². The van der Waals surface area contributed by atoms with Crippen LogP contribution < -0.4 is 4.90 Å². The summed E-state index contributed by atoms with van der Waals surface area (Å²) in [6, 6.07) is 15.4. The normalized spacial score (nSPS) is 18.6. The van der Waals surface area contributed by atoms with Crippen LogP contribution in [0.3, 0.4) is 0 Å². The van der Waals surface area contributed by atoms with Gasteiger partial charge in [0.1, 0.15) is 17.3 Å². The Morgan fingerprint density at radius 1 is 0.906 bits per heavy atom. The van der Waals surface area contributed by atoms with Gasteiger partial charge in [0.2, 0.25) is 0 Å². The molecular formula is C24H25FN6O. The minimum atomic E-state index is -0.322. The van der Waals surface area contributed by atoms with Crippen molar-refractivity contribution in [1.82, 2.24) is 24.7 Å². The fraction of sp³-hybridized carbons (Fsp3) is 0.375. The van der Waals surface area contributed by atoms with E-state index < -0.39 is 0 Å². The SMILES string of the molecule is Fc1ccccc1-c1nnn2c1nc(N1CCC(N3CCOCC3)CC1)c1ccccc12. The lowest BCUT2D eigenvalue weighted by Gasteiger charge is -2.40. The summed E-state index contributed by atoms with van der Waals surface area (Å²) in [6.07, 6.45) is 2.19. The molecule has 0 unspecified atom stereocenters. The fourth-order valence-electron chi connectivity index (χ4n) is 5.00. The molecule has 0 aliphatic carbocycles. The van der Waals surface area contributed by atoms with Crippen LogP contribution in [0, 0.1) is 5.82 Å². The molecule has 2 aromatic carbocycles. The number of piperidine rings is 1. The summed E-state index contributed by atoms with van der Waals surface area (Å²) < 4.78 is 21.8. The number of hydrogen-bond donors (Lipinski definition) is 0. The molecule has 164 valence electrons. The zero-order chi connectivity index (χ0) is 21.5. The number of para-hydroxylation sites is 1. The molecule has 0 atom stereocenters. The van der Waals surface area contributed by atoms with Crippen molar-refractivity contribution in [3.05, 3.63) is 54.3 Å². The minimum Gasteiger partial charge on any atom is -0.379 e. The van der Waals surface area contributed by atoms with E-state index in [2.05, 4.69) is 26.2 Å². The van der Waals surface area contributed by atoms with Gasteiger partial charge in [0.25, 0.3) is 0 Å². The van der Waals surface area contributed by atoms with Gasteiger partial charge in [-0.3, -0.25) is 4.90 Å². The summed E-state index contributed by atoms with van der Waals surface area (Å²) in [7, 11) is 0. The molecule has 32 heavy (non-hydrogen) atoms. The van der Waals surface area contributed by atoms with E-state index in [9.17, 15) is 4.39 Å². The average Bonchev–Trinajstić information content (AvgIpc) is 3.28. The Morgan fingerprint density at radius 2 is 1.66 bits per heavy atom. The van der Waals surface area contributed by atoms with Crippen molar-refractivity contribution in [3.8, 4) is 11.3 Å². The van der Waals surface area contributed by atoms with Gasteiger partial charge in [0.05, 0.1) is 18.7 Å². The lowest BCUT2D eigenvalue weighted by atomic mass is 10.0. The molecule has 2 aliphatic rings. The lowest BCUT2D eigenvalue weighted by molar-refractivity contribution is 0.0115. The highest BCUT2D eigenvalue weighted by molar-refractivity contribution is 5.93. The number of halogens is 1. The fourth-order valence-corrected chi connectivity index (χ4v) is 5.00. The van der Waals surface area contributed by atoms with Crippen molar-refractivity contribution in [2.45, 2.75) is 18.9 Å². The molecule has 8 heteroatoms. The van der Waals surface area contributed by atoms with E-state index in [1.165, 1.54) is 6.07 Å². The third-order valence-corrected chi connectivity index (χ3v) is 6.69.